The van der Waals surface area contributed by atoms with Crippen LogP contribution >= 0.6 is 0 Å². The van der Waals surface area contributed by atoms with E-state index in [9.17, 15) is 4.79 Å². The fourth-order valence-corrected chi connectivity index (χ4v) is 8.51. The Kier molecular flexibility index (Phi) is 6.50. The number of imidazole rings is 1. The number of nitrogens with one attached hydrogen (secondary N) is 1. The lowest BCUT2D eigenvalue weighted by atomic mass is 9.49. The van der Waals surface area contributed by atoms with E-state index in [1.54, 1.807) is 0 Å². The first kappa shape index (κ1) is 24.4. The SMILES string of the molecule is O=C(NCCCCCCN1CCN(c2ccn3c(n2)nc2ccccc23)CC1)C12CC3CC(CC(C3)C1)C2. The Morgan fingerprint density at radius 3 is 2.34 bits per heavy atom. The van der Waals surface area contributed by atoms with E-state index in [0.717, 1.165) is 79.5 Å². The van der Waals surface area contributed by atoms with E-state index in [-0.39, 0.29) is 5.41 Å². The van der Waals surface area contributed by atoms with Crippen molar-refractivity contribution in [1.82, 2.24) is 24.6 Å². The van der Waals surface area contributed by atoms with Gasteiger partial charge in [0.2, 0.25) is 11.7 Å². The molecule has 7 nitrogen and oxygen atoms in total. The second kappa shape index (κ2) is 10.1. The van der Waals surface area contributed by atoms with Gasteiger partial charge in [0.05, 0.1) is 11.0 Å². The number of benzene rings is 1. The van der Waals surface area contributed by atoms with Crippen LogP contribution in [0, 0.1) is 23.2 Å². The highest BCUT2D eigenvalue weighted by Gasteiger charge is 2.54. The zero-order valence-corrected chi connectivity index (χ0v) is 22.7. The van der Waals surface area contributed by atoms with Gasteiger partial charge in [-0.15, -0.1) is 0 Å². The number of para-hydroxylation sites is 2. The predicted octanol–water partition coefficient (Wildman–Crippen LogP) is 4.90. The van der Waals surface area contributed by atoms with E-state index in [4.69, 9.17) is 9.97 Å². The summed E-state index contributed by atoms with van der Waals surface area (Å²) >= 11 is 0. The van der Waals surface area contributed by atoms with Crippen molar-refractivity contribution in [3.63, 3.8) is 0 Å². The number of anilines is 1. The molecule has 38 heavy (non-hydrogen) atoms. The number of aromatic nitrogens is 3. The van der Waals surface area contributed by atoms with Crippen molar-refractivity contribution in [1.29, 1.82) is 0 Å². The number of piperazine rings is 1. The molecule has 5 aliphatic rings. The van der Waals surface area contributed by atoms with E-state index in [0.29, 0.717) is 5.91 Å². The highest BCUT2D eigenvalue weighted by molar-refractivity contribution is 5.83. The van der Waals surface area contributed by atoms with Gasteiger partial charge in [0.25, 0.3) is 0 Å². The molecule has 1 saturated heterocycles. The molecule has 0 atom stereocenters. The smallest absolute Gasteiger partial charge is 0.236 e. The topological polar surface area (TPSA) is 65.8 Å². The summed E-state index contributed by atoms with van der Waals surface area (Å²) in [5, 5.41) is 3.35. The Bertz CT molecular complexity index is 1260. The molecule has 202 valence electrons. The van der Waals surface area contributed by atoms with Gasteiger partial charge in [0, 0.05) is 44.3 Å². The van der Waals surface area contributed by atoms with Crippen molar-refractivity contribution >= 4 is 28.5 Å². The number of rotatable bonds is 9. The van der Waals surface area contributed by atoms with Gasteiger partial charge in [-0.3, -0.25) is 14.1 Å². The van der Waals surface area contributed by atoms with Gasteiger partial charge < -0.3 is 10.2 Å². The molecular weight excluding hydrogens is 472 g/mol. The maximum Gasteiger partial charge on any atom is 0.236 e. The molecule has 4 bridgehead atoms. The number of hydrogen-bond donors (Lipinski definition) is 1. The minimum absolute atomic E-state index is 0.00477. The summed E-state index contributed by atoms with van der Waals surface area (Å²) in [4.78, 5) is 27.6. The number of carbonyl (C=O) groups excluding carboxylic acids is 1. The molecule has 1 aromatic carbocycles. The minimum atomic E-state index is 0.00477. The lowest BCUT2D eigenvalue weighted by Crippen LogP contribution is -2.53. The first-order chi connectivity index (χ1) is 18.6. The van der Waals surface area contributed by atoms with E-state index in [1.165, 1.54) is 64.3 Å². The third-order valence-corrected chi connectivity index (χ3v) is 10.1. The second-order valence-corrected chi connectivity index (χ2v) is 12.8. The average molecular weight is 515 g/mol. The van der Waals surface area contributed by atoms with Crippen molar-refractivity contribution in [2.45, 2.75) is 64.2 Å². The van der Waals surface area contributed by atoms with E-state index in [2.05, 4.69) is 37.8 Å². The average Bonchev–Trinajstić information content (AvgIpc) is 3.30. The molecular formula is C31H42N6O. The van der Waals surface area contributed by atoms with Crippen molar-refractivity contribution < 1.29 is 4.79 Å². The second-order valence-electron chi connectivity index (χ2n) is 12.8. The summed E-state index contributed by atoms with van der Waals surface area (Å²) in [7, 11) is 0. The van der Waals surface area contributed by atoms with Gasteiger partial charge in [0.15, 0.2) is 0 Å². The highest BCUT2D eigenvalue weighted by Crippen LogP contribution is 2.60. The molecule has 1 amide bonds. The van der Waals surface area contributed by atoms with Gasteiger partial charge in [0.1, 0.15) is 5.82 Å². The number of unbranched alkanes of at least 4 members (excludes halogenated alkanes) is 3. The van der Waals surface area contributed by atoms with Crippen molar-refractivity contribution in [3.8, 4) is 0 Å². The lowest BCUT2D eigenvalue weighted by Gasteiger charge is -2.55. The molecule has 1 aliphatic heterocycles. The summed E-state index contributed by atoms with van der Waals surface area (Å²) in [6.45, 7) is 6.24. The zero-order valence-electron chi connectivity index (χ0n) is 22.7. The van der Waals surface area contributed by atoms with Crippen molar-refractivity contribution in [2.24, 2.45) is 23.2 Å². The van der Waals surface area contributed by atoms with Crippen LogP contribution in [0.3, 0.4) is 0 Å². The highest BCUT2D eigenvalue weighted by atomic mass is 16.2. The fraction of sp³-hybridized carbons (Fsp3) is 0.645. The quantitative estimate of drug-likeness (QED) is 0.412. The van der Waals surface area contributed by atoms with Crippen LogP contribution in [0.25, 0.3) is 16.8 Å². The standard InChI is InChI=1S/C31H42N6O/c38-29(31-20-23-17-24(21-31)19-25(18-23)22-31)32-10-5-1-2-6-11-35-13-15-36(16-14-35)28-9-12-37-27-8-4-3-7-26(27)33-30(37)34-28/h3-4,7-9,12,23-25H,1-2,5-6,10-11,13-22H2,(H,32,38). The molecule has 0 unspecified atom stereocenters. The first-order valence-corrected chi connectivity index (χ1v) is 15.1. The van der Waals surface area contributed by atoms with Crippen LogP contribution in [0.4, 0.5) is 5.82 Å². The van der Waals surface area contributed by atoms with Crippen LogP contribution in [0.15, 0.2) is 36.5 Å². The molecule has 4 aliphatic carbocycles. The van der Waals surface area contributed by atoms with Gasteiger partial charge in [-0.2, -0.15) is 4.98 Å². The lowest BCUT2D eigenvalue weighted by molar-refractivity contribution is -0.146. The van der Waals surface area contributed by atoms with Crippen LogP contribution in [0.5, 0.6) is 0 Å². The van der Waals surface area contributed by atoms with Crippen LogP contribution < -0.4 is 10.2 Å². The Hall–Kier alpha value is -2.67. The maximum absolute atomic E-state index is 13.1. The Labute approximate surface area is 226 Å². The molecule has 7 heteroatoms. The van der Waals surface area contributed by atoms with Crippen LogP contribution in [-0.4, -0.2) is 64.4 Å². The third-order valence-electron chi connectivity index (χ3n) is 10.1. The minimum Gasteiger partial charge on any atom is -0.356 e. The molecule has 4 saturated carbocycles. The Morgan fingerprint density at radius 2 is 1.58 bits per heavy atom. The summed E-state index contributed by atoms with van der Waals surface area (Å²) < 4.78 is 2.07. The van der Waals surface area contributed by atoms with E-state index in [1.807, 2.05) is 18.2 Å². The summed E-state index contributed by atoms with van der Waals surface area (Å²) in [6.07, 6.45) is 14.6. The number of nitrogens with zero attached hydrogens (tertiary/aromatic N) is 5. The monoisotopic (exact) mass is 514 g/mol. The van der Waals surface area contributed by atoms with Crippen LogP contribution in [-0.2, 0) is 4.79 Å². The maximum atomic E-state index is 13.1. The third kappa shape index (κ3) is 4.67. The normalized spacial score (nSPS) is 28.9. The predicted molar refractivity (Wildman–Crippen MR) is 151 cm³/mol. The number of fused-ring (bicyclic) bond motifs is 3. The molecule has 0 radical (unpaired) electrons. The number of amides is 1. The van der Waals surface area contributed by atoms with Gasteiger partial charge in [-0.25, -0.2) is 4.98 Å². The van der Waals surface area contributed by atoms with Crippen LogP contribution in [0.2, 0.25) is 0 Å². The molecule has 8 rings (SSSR count). The molecule has 0 spiro atoms. The van der Waals surface area contributed by atoms with E-state index >= 15 is 0 Å². The summed E-state index contributed by atoms with van der Waals surface area (Å²) in [5.41, 5.74) is 2.11. The fourth-order valence-electron chi connectivity index (χ4n) is 8.51. The Morgan fingerprint density at radius 1 is 0.868 bits per heavy atom. The van der Waals surface area contributed by atoms with E-state index < -0.39 is 0 Å². The number of carbonyl (C=O) groups is 1. The zero-order chi connectivity index (χ0) is 25.5. The molecule has 3 aromatic rings. The molecule has 3 heterocycles. The molecule has 1 N–H and O–H groups in total. The van der Waals surface area contributed by atoms with Gasteiger partial charge >= 0.3 is 0 Å². The summed E-state index contributed by atoms with van der Waals surface area (Å²) in [6, 6.07) is 10.3. The van der Waals surface area contributed by atoms with Gasteiger partial charge in [-0.1, -0.05) is 25.0 Å². The van der Waals surface area contributed by atoms with Crippen molar-refractivity contribution in [3.05, 3.63) is 36.5 Å². The first-order valence-electron chi connectivity index (χ1n) is 15.1. The largest absolute Gasteiger partial charge is 0.356 e. The number of hydrogen-bond acceptors (Lipinski definition) is 5. The Balaban J connectivity index is 0.801. The van der Waals surface area contributed by atoms with Gasteiger partial charge in [-0.05, 0) is 93.9 Å². The van der Waals surface area contributed by atoms with Crippen LogP contribution in [0.1, 0.15) is 64.2 Å². The molecule has 5 fully saturated rings. The molecule has 2 aromatic heterocycles. The van der Waals surface area contributed by atoms with Crippen molar-refractivity contribution in [2.75, 3.05) is 44.2 Å². The summed E-state index contributed by atoms with van der Waals surface area (Å²) in [5.74, 6) is 4.72.